The first-order valence-electron chi connectivity index (χ1n) is 15.5. The van der Waals surface area contributed by atoms with Gasteiger partial charge >= 0.3 is 0 Å². The van der Waals surface area contributed by atoms with Crippen molar-refractivity contribution >= 4 is 0 Å². The summed E-state index contributed by atoms with van der Waals surface area (Å²) < 4.78 is 10.9. The zero-order valence-corrected chi connectivity index (χ0v) is 23.5. The highest BCUT2D eigenvalue weighted by Gasteiger charge is 2.43. The normalized spacial score (nSPS) is 24.4. The smallest absolute Gasteiger partial charge is 0.186 e. The SMILES string of the molecule is CCCCCCCCCCCCCCCCCCCCCCCCO[C@@H]1O[C@H](CO)[C@@H](O)[C@H](O)[C@H]1O. The topological polar surface area (TPSA) is 99.4 Å². The number of aliphatic hydroxyl groups is 4. The van der Waals surface area contributed by atoms with Gasteiger partial charge in [0, 0.05) is 6.61 Å². The van der Waals surface area contributed by atoms with Crippen molar-refractivity contribution in [3.8, 4) is 0 Å². The van der Waals surface area contributed by atoms with Crippen LogP contribution in [0.1, 0.15) is 148 Å². The third kappa shape index (κ3) is 16.6. The summed E-state index contributed by atoms with van der Waals surface area (Å²) in [5.41, 5.74) is 0. The maximum absolute atomic E-state index is 9.96. The molecular formula is C30H60O6. The van der Waals surface area contributed by atoms with Gasteiger partial charge in [-0.3, -0.25) is 0 Å². The van der Waals surface area contributed by atoms with E-state index in [-0.39, 0.29) is 0 Å². The van der Waals surface area contributed by atoms with Crippen LogP contribution in [0.3, 0.4) is 0 Å². The molecule has 1 aliphatic heterocycles. The van der Waals surface area contributed by atoms with Crippen LogP contribution in [0.4, 0.5) is 0 Å². The van der Waals surface area contributed by atoms with Crippen molar-refractivity contribution in [3.63, 3.8) is 0 Å². The number of aliphatic hydroxyl groups excluding tert-OH is 4. The van der Waals surface area contributed by atoms with Crippen molar-refractivity contribution in [2.75, 3.05) is 13.2 Å². The Morgan fingerprint density at radius 2 is 0.861 bits per heavy atom. The summed E-state index contributed by atoms with van der Waals surface area (Å²) in [7, 11) is 0. The molecular weight excluding hydrogens is 456 g/mol. The zero-order valence-electron chi connectivity index (χ0n) is 23.5. The number of hydrogen-bond acceptors (Lipinski definition) is 6. The quantitative estimate of drug-likeness (QED) is 0.105. The summed E-state index contributed by atoms with van der Waals surface area (Å²) in [6, 6.07) is 0. The van der Waals surface area contributed by atoms with Gasteiger partial charge in [0.25, 0.3) is 0 Å². The average molecular weight is 517 g/mol. The number of unbranched alkanes of at least 4 members (excludes halogenated alkanes) is 21. The number of hydrogen-bond donors (Lipinski definition) is 4. The molecule has 1 heterocycles. The minimum Gasteiger partial charge on any atom is -0.394 e. The summed E-state index contributed by atoms with van der Waals surface area (Å²) in [5, 5.41) is 38.7. The maximum Gasteiger partial charge on any atom is 0.186 e. The van der Waals surface area contributed by atoms with Gasteiger partial charge in [-0.15, -0.1) is 0 Å². The van der Waals surface area contributed by atoms with Gasteiger partial charge in [0.1, 0.15) is 24.4 Å². The summed E-state index contributed by atoms with van der Waals surface area (Å²) in [5.74, 6) is 0. The third-order valence-corrected chi connectivity index (χ3v) is 7.63. The predicted molar refractivity (Wildman–Crippen MR) is 147 cm³/mol. The lowest BCUT2D eigenvalue weighted by Gasteiger charge is -2.39. The first kappa shape index (κ1) is 33.8. The molecule has 216 valence electrons. The van der Waals surface area contributed by atoms with Crippen LogP contribution in [0, 0.1) is 0 Å². The van der Waals surface area contributed by atoms with E-state index in [1.165, 1.54) is 128 Å². The molecule has 0 amide bonds. The van der Waals surface area contributed by atoms with E-state index >= 15 is 0 Å². The molecule has 6 nitrogen and oxygen atoms in total. The second kappa shape index (κ2) is 23.8. The molecule has 5 atom stereocenters. The second-order valence-corrected chi connectivity index (χ2v) is 11.0. The molecule has 36 heavy (non-hydrogen) atoms. The first-order chi connectivity index (χ1) is 17.6. The van der Waals surface area contributed by atoms with Crippen LogP contribution >= 0.6 is 0 Å². The van der Waals surface area contributed by atoms with Crippen LogP contribution in [0.5, 0.6) is 0 Å². The summed E-state index contributed by atoms with van der Waals surface area (Å²) >= 11 is 0. The second-order valence-electron chi connectivity index (χ2n) is 11.0. The molecule has 1 rings (SSSR count). The molecule has 0 radical (unpaired) electrons. The minimum atomic E-state index is -1.37. The first-order valence-corrected chi connectivity index (χ1v) is 15.5. The van der Waals surface area contributed by atoms with Crippen molar-refractivity contribution in [3.05, 3.63) is 0 Å². The molecule has 0 aromatic rings. The molecule has 0 bridgehead atoms. The van der Waals surface area contributed by atoms with E-state index in [1.807, 2.05) is 0 Å². The molecule has 1 aliphatic rings. The number of rotatable bonds is 25. The lowest BCUT2D eigenvalue weighted by molar-refractivity contribution is -0.301. The van der Waals surface area contributed by atoms with Crippen LogP contribution < -0.4 is 0 Å². The maximum atomic E-state index is 9.96. The van der Waals surface area contributed by atoms with E-state index in [9.17, 15) is 20.4 Å². The molecule has 0 aromatic heterocycles. The Labute approximate surface area is 222 Å². The fourth-order valence-electron chi connectivity index (χ4n) is 5.12. The van der Waals surface area contributed by atoms with E-state index in [0.29, 0.717) is 6.61 Å². The van der Waals surface area contributed by atoms with Crippen LogP contribution in [0.25, 0.3) is 0 Å². The summed E-state index contributed by atoms with van der Waals surface area (Å²) in [4.78, 5) is 0. The van der Waals surface area contributed by atoms with Crippen molar-refractivity contribution in [2.45, 2.75) is 179 Å². The predicted octanol–water partition coefficient (Wildman–Crippen LogP) is 6.41. The monoisotopic (exact) mass is 516 g/mol. The Kier molecular flexibility index (Phi) is 22.4. The van der Waals surface area contributed by atoms with E-state index in [0.717, 1.165) is 12.8 Å². The van der Waals surface area contributed by atoms with Crippen molar-refractivity contribution in [1.29, 1.82) is 0 Å². The highest BCUT2D eigenvalue weighted by molar-refractivity contribution is 4.88. The van der Waals surface area contributed by atoms with Gasteiger partial charge in [0.15, 0.2) is 6.29 Å². The molecule has 0 spiro atoms. The average Bonchev–Trinajstić information content (AvgIpc) is 2.89. The standard InChI is InChI=1S/C30H60O6/c1-2-3-4-5-6-7-8-9-10-11-12-13-14-15-16-17-18-19-20-21-22-23-24-35-30-29(34)28(33)27(32)26(25-31)36-30/h26-34H,2-25H2,1H3/t26-,27-,28+,29-,30-/m1/s1. The fourth-order valence-corrected chi connectivity index (χ4v) is 5.12. The third-order valence-electron chi connectivity index (χ3n) is 7.63. The summed E-state index contributed by atoms with van der Waals surface area (Å²) in [6.07, 6.45) is 23.8. The number of ether oxygens (including phenoxy) is 2. The molecule has 1 saturated heterocycles. The Balaban J connectivity index is 1.76. The van der Waals surface area contributed by atoms with E-state index in [2.05, 4.69) is 6.92 Å². The van der Waals surface area contributed by atoms with Gasteiger partial charge in [-0.1, -0.05) is 142 Å². The Bertz CT molecular complexity index is 461. The van der Waals surface area contributed by atoms with Crippen molar-refractivity contribution in [2.24, 2.45) is 0 Å². The van der Waals surface area contributed by atoms with E-state index < -0.39 is 37.3 Å². The highest BCUT2D eigenvalue weighted by atomic mass is 16.7. The van der Waals surface area contributed by atoms with Gasteiger partial charge in [-0.2, -0.15) is 0 Å². The van der Waals surface area contributed by atoms with Gasteiger partial charge < -0.3 is 29.9 Å². The Hall–Kier alpha value is -0.240. The highest BCUT2D eigenvalue weighted by Crippen LogP contribution is 2.22. The van der Waals surface area contributed by atoms with Crippen LogP contribution in [0.2, 0.25) is 0 Å². The molecule has 1 fully saturated rings. The van der Waals surface area contributed by atoms with E-state index in [4.69, 9.17) is 9.47 Å². The Morgan fingerprint density at radius 3 is 1.22 bits per heavy atom. The van der Waals surface area contributed by atoms with Gasteiger partial charge in [0.05, 0.1) is 6.61 Å². The lowest BCUT2D eigenvalue weighted by atomic mass is 9.99. The van der Waals surface area contributed by atoms with Crippen LogP contribution in [0.15, 0.2) is 0 Å². The van der Waals surface area contributed by atoms with Crippen molar-refractivity contribution in [1.82, 2.24) is 0 Å². The molecule has 6 heteroatoms. The van der Waals surface area contributed by atoms with E-state index in [1.54, 1.807) is 0 Å². The summed E-state index contributed by atoms with van der Waals surface area (Å²) in [6.45, 7) is 2.29. The van der Waals surface area contributed by atoms with Crippen LogP contribution in [-0.2, 0) is 9.47 Å². The lowest BCUT2D eigenvalue weighted by Crippen LogP contribution is -2.59. The molecule has 0 aromatic carbocycles. The fraction of sp³-hybridized carbons (Fsp3) is 1.00. The van der Waals surface area contributed by atoms with Gasteiger partial charge in [-0.25, -0.2) is 0 Å². The molecule has 0 unspecified atom stereocenters. The molecule has 0 aliphatic carbocycles. The minimum absolute atomic E-state index is 0.426. The van der Waals surface area contributed by atoms with Gasteiger partial charge in [0.2, 0.25) is 0 Å². The molecule has 0 saturated carbocycles. The Morgan fingerprint density at radius 1 is 0.500 bits per heavy atom. The zero-order chi connectivity index (χ0) is 26.3. The largest absolute Gasteiger partial charge is 0.394 e. The van der Waals surface area contributed by atoms with Crippen molar-refractivity contribution < 1.29 is 29.9 Å². The van der Waals surface area contributed by atoms with Crippen LogP contribution in [-0.4, -0.2) is 64.3 Å². The van der Waals surface area contributed by atoms with Gasteiger partial charge in [-0.05, 0) is 6.42 Å². The molecule has 4 N–H and O–H groups in total.